The zero-order chi connectivity index (χ0) is 19.5. The minimum Gasteiger partial charge on any atom is -0.395 e. The summed E-state index contributed by atoms with van der Waals surface area (Å²) in [6.45, 7) is 0.385. The number of nitrogens with one attached hydrogen (secondary N) is 1. The monoisotopic (exact) mass is 412 g/mol. The molecule has 0 aliphatic heterocycles. The predicted molar refractivity (Wildman–Crippen MR) is 78.9 cm³/mol. The first-order chi connectivity index (χ1) is 11.2. The highest BCUT2D eigenvalue weighted by molar-refractivity contribution is 7.93. The topological polar surface area (TPSA) is 67.8 Å². The molecular formula is C12H11ClF6N2O3S. The molecule has 25 heavy (non-hydrogen) atoms. The molecule has 0 atom stereocenters. The van der Waals surface area contributed by atoms with E-state index < -0.39 is 40.4 Å². The number of sulfonamides is 1. The maximum atomic E-state index is 12.5. The Kier molecular flexibility index (Phi) is 6.56. The van der Waals surface area contributed by atoms with Crippen molar-refractivity contribution in [2.75, 3.05) is 11.3 Å². The van der Waals surface area contributed by atoms with Crippen LogP contribution in [0.5, 0.6) is 0 Å². The molecule has 0 unspecified atom stereocenters. The minimum atomic E-state index is -5.70. The molecule has 0 aliphatic rings. The van der Waals surface area contributed by atoms with Crippen LogP contribution in [0.15, 0.2) is 23.4 Å². The van der Waals surface area contributed by atoms with Gasteiger partial charge in [0.2, 0.25) is 0 Å². The van der Waals surface area contributed by atoms with E-state index in [1.165, 1.54) is 11.6 Å². The van der Waals surface area contributed by atoms with Crippen LogP contribution >= 0.6 is 11.6 Å². The Hall–Kier alpha value is -1.69. The van der Waals surface area contributed by atoms with Gasteiger partial charge in [0.25, 0.3) is 0 Å². The van der Waals surface area contributed by atoms with Crippen LogP contribution in [0.4, 0.5) is 32.0 Å². The van der Waals surface area contributed by atoms with Gasteiger partial charge in [0, 0.05) is 10.6 Å². The van der Waals surface area contributed by atoms with E-state index in [1.54, 1.807) is 0 Å². The van der Waals surface area contributed by atoms with Crippen LogP contribution in [0, 0.1) is 0 Å². The summed E-state index contributed by atoms with van der Waals surface area (Å²) in [5, 5.41) is 3.37. The molecule has 13 heteroatoms. The van der Waals surface area contributed by atoms with E-state index in [0.29, 0.717) is 0 Å². The van der Waals surface area contributed by atoms with E-state index in [9.17, 15) is 34.8 Å². The lowest BCUT2D eigenvalue weighted by Gasteiger charge is -2.14. The molecule has 5 nitrogen and oxygen atoms in total. The molecule has 1 rings (SSSR count). The summed E-state index contributed by atoms with van der Waals surface area (Å²) in [6.07, 6.45) is -5.75. The third-order valence-electron chi connectivity index (χ3n) is 2.60. The first-order valence-corrected chi connectivity index (χ1v) is 8.21. The van der Waals surface area contributed by atoms with Crippen molar-refractivity contribution >= 4 is 33.0 Å². The maximum Gasteiger partial charge on any atom is 0.516 e. The van der Waals surface area contributed by atoms with Crippen LogP contribution in [-0.2, 0) is 14.9 Å². The average Bonchev–Trinajstić information content (AvgIpc) is 2.43. The SMILES string of the molecule is CC(=NOCCC(F)(F)F)c1cc(Cl)ccc1NS(=O)(=O)C(F)(F)F. The quantitative estimate of drug-likeness (QED) is 0.328. The Morgan fingerprint density at radius 2 is 1.84 bits per heavy atom. The number of anilines is 1. The fourth-order valence-electron chi connectivity index (χ4n) is 1.46. The number of hydrogen-bond acceptors (Lipinski definition) is 4. The number of hydrogen-bond donors (Lipinski definition) is 1. The van der Waals surface area contributed by atoms with Gasteiger partial charge in [-0.2, -0.15) is 34.8 Å². The summed E-state index contributed by atoms with van der Waals surface area (Å²) in [7, 11) is -5.70. The second-order valence-corrected chi connectivity index (χ2v) is 6.73. The van der Waals surface area contributed by atoms with E-state index in [0.717, 1.165) is 18.2 Å². The summed E-state index contributed by atoms with van der Waals surface area (Å²) in [5.74, 6) is 0. The highest BCUT2D eigenvalue weighted by Gasteiger charge is 2.46. The Morgan fingerprint density at radius 1 is 1.24 bits per heavy atom. The second-order valence-electron chi connectivity index (χ2n) is 4.62. The van der Waals surface area contributed by atoms with Gasteiger partial charge in [0.1, 0.15) is 6.61 Å². The predicted octanol–water partition coefficient (Wildman–Crippen LogP) is 4.29. The molecule has 1 aromatic carbocycles. The average molecular weight is 413 g/mol. The lowest BCUT2D eigenvalue weighted by Crippen LogP contribution is -2.30. The summed E-state index contributed by atoms with van der Waals surface area (Å²) < 4.78 is 97.0. The smallest absolute Gasteiger partial charge is 0.395 e. The van der Waals surface area contributed by atoms with E-state index in [2.05, 4.69) is 9.99 Å². The normalized spacial score (nSPS) is 13.7. The van der Waals surface area contributed by atoms with Crippen molar-refractivity contribution in [3.63, 3.8) is 0 Å². The molecule has 0 radical (unpaired) electrons. The van der Waals surface area contributed by atoms with Gasteiger partial charge in [-0.05, 0) is 25.1 Å². The van der Waals surface area contributed by atoms with Crippen molar-refractivity contribution in [3.8, 4) is 0 Å². The van der Waals surface area contributed by atoms with Crippen molar-refractivity contribution in [3.05, 3.63) is 28.8 Å². The van der Waals surface area contributed by atoms with E-state index >= 15 is 0 Å². The van der Waals surface area contributed by atoms with Crippen LogP contribution in [0.3, 0.4) is 0 Å². The molecule has 0 bridgehead atoms. The molecule has 0 aromatic heterocycles. The molecule has 0 spiro atoms. The van der Waals surface area contributed by atoms with Crippen molar-refractivity contribution < 1.29 is 39.6 Å². The summed E-state index contributed by atoms with van der Waals surface area (Å²) >= 11 is 5.70. The van der Waals surface area contributed by atoms with Crippen LogP contribution in [0.1, 0.15) is 18.9 Å². The summed E-state index contributed by atoms with van der Waals surface area (Å²) in [4.78, 5) is 4.44. The van der Waals surface area contributed by atoms with Crippen molar-refractivity contribution in [2.24, 2.45) is 5.16 Å². The van der Waals surface area contributed by atoms with Crippen LogP contribution in [0.25, 0.3) is 0 Å². The lowest BCUT2D eigenvalue weighted by molar-refractivity contribution is -0.145. The largest absolute Gasteiger partial charge is 0.516 e. The van der Waals surface area contributed by atoms with Crippen LogP contribution < -0.4 is 4.72 Å². The number of benzene rings is 1. The number of halogens is 7. The van der Waals surface area contributed by atoms with Gasteiger partial charge >= 0.3 is 21.7 Å². The van der Waals surface area contributed by atoms with Gasteiger partial charge in [-0.3, -0.25) is 4.72 Å². The second kappa shape index (κ2) is 7.68. The molecule has 1 N–H and O–H groups in total. The van der Waals surface area contributed by atoms with Gasteiger partial charge in [-0.15, -0.1) is 0 Å². The Labute approximate surface area is 143 Å². The molecule has 0 saturated heterocycles. The molecule has 142 valence electrons. The van der Waals surface area contributed by atoms with Gasteiger partial charge in [0.15, 0.2) is 0 Å². The fourth-order valence-corrected chi connectivity index (χ4v) is 2.22. The van der Waals surface area contributed by atoms with Gasteiger partial charge < -0.3 is 4.84 Å². The zero-order valence-electron chi connectivity index (χ0n) is 12.4. The maximum absolute atomic E-state index is 12.5. The third kappa shape index (κ3) is 6.61. The molecule has 0 amide bonds. The molecule has 0 saturated carbocycles. The van der Waals surface area contributed by atoms with Gasteiger partial charge in [-0.25, -0.2) is 0 Å². The molecule has 0 aliphatic carbocycles. The number of rotatable bonds is 6. The van der Waals surface area contributed by atoms with Crippen molar-refractivity contribution in [1.29, 1.82) is 0 Å². The minimum absolute atomic E-state index is 0.0369. The standard InChI is InChI=1S/C12H11ClF6N2O3S/c1-7(20-24-5-4-11(14,15)16)9-6-8(13)2-3-10(9)21-25(22,23)12(17,18)19/h2-3,6,21H,4-5H2,1H3. The summed E-state index contributed by atoms with van der Waals surface area (Å²) in [6, 6.07) is 3.16. The van der Waals surface area contributed by atoms with Gasteiger partial charge in [-0.1, -0.05) is 16.8 Å². The molecule has 0 fully saturated rings. The zero-order valence-corrected chi connectivity index (χ0v) is 13.9. The van der Waals surface area contributed by atoms with Gasteiger partial charge in [0.05, 0.1) is 17.8 Å². The summed E-state index contributed by atoms with van der Waals surface area (Å²) in [5.41, 5.74) is -6.43. The van der Waals surface area contributed by atoms with E-state index in [1.807, 2.05) is 0 Å². The Morgan fingerprint density at radius 3 is 2.36 bits per heavy atom. The Bertz CT molecular complexity index is 746. The number of nitrogens with zero attached hydrogens (tertiary/aromatic N) is 1. The van der Waals surface area contributed by atoms with Crippen LogP contribution in [0.2, 0.25) is 5.02 Å². The lowest BCUT2D eigenvalue weighted by atomic mass is 10.1. The number of oxime groups is 1. The molecule has 1 aromatic rings. The van der Waals surface area contributed by atoms with Crippen molar-refractivity contribution in [2.45, 2.75) is 25.0 Å². The fraction of sp³-hybridized carbons (Fsp3) is 0.417. The highest BCUT2D eigenvalue weighted by Crippen LogP contribution is 2.29. The van der Waals surface area contributed by atoms with Crippen molar-refractivity contribution in [1.82, 2.24) is 0 Å². The van der Waals surface area contributed by atoms with Crippen LogP contribution in [-0.4, -0.2) is 32.4 Å². The van der Waals surface area contributed by atoms with E-state index in [4.69, 9.17) is 11.6 Å². The molecular weight excluding hydrogens is 402 g/mol. The first-order valence-electron chi connectivity index (χ1n) is 6.35. The third-order valence-corrected chi connectivity index (χ3v) is 3.93. The number of alkyl halides is 6. The highest BCUT2D eigenvalue weighted by atomic mass is 35.5. The first kappa shape index (κ1) is 21.4. The molecule has 0 heterocycles. The van der Waals surface area contributed by atoms with E-state index in [-0.39, 0.29) is 16.3 Å². The Balaban J connectivity index is 3.05.